The minimum atomic E-state index is -0.228. The highest BCUT2D eigenvalue weighted by Crippen LogP contribution is 2.29. The summed E-state index contributed by atoms with van der Waals surface area (Å²) < 4.78 is 3.39. The van der Waals surface area contributed by atoms with E-state index >= 15 is 0 Å². The second-order valence-electron chi connectivity index (χ2n) is 5.97. The van der Waals surface area contributed by atoms with E-state index in [1.165, 1.54) is 0 Å². The van der Waals surface area contributed by atoms with Crippen molar-refractivity contribution in [1.29, 1.82) is 0 Å². The third kappa shape index (κ3) is 3.64. The molecule has 0 atom stereocenters. The van der Waals surface area contributed by atoms with Crippen LogP contribution in [0.3, 0.4) is 0 Å². The van der Waals surface area contributed by atoms with E-state index in [2.05, 4.69) is 5.32 Å². The predicted molar refractivity (Wildman–Crippen MR) is 106 cm³/mol. The van der Waals surface area contributed by atoms with E-state index in [1.807, 2.05) is 31.2 Å². The molecule has 0 aliphatic carbocycles. The maximum Gasteiger partial charge on any atom is 0.329 e. The molecule has 1 heterocycles. The Kier molecular flexibility index (Phi) is 5.69. The molecule has 1 N–H and O–H groups in total. The molecule has 0 saturated carbocycles. The van der Waals surface area contributed by atoms with Crippen molar-refractivity contribution < 1.29 is 4.79 Å². The van der Waals surface area contributed by atoms with Crippen molar-refractivity contribution >= 4 is 45.8 Å². The molecule has 0 saturated heterocycles. The number of rotatable bonds is 6. The first kappa shape index (κ1) is 18.5. The van der Waals surface area contributed by atoms with Gasteiger partial charge in [-0.15, -0.1) is 0 Å². The number of para-hydroxylation sites is 2. The van der Waals surface area contributed by atoms with Gasteiger partial charge in [0.05, 0.1) is 26.8 Å². The standard InChI is InChI=1S/C19H19Cl2N3O2/c1-2-11-23-15-8-3-4-9-16(15)24(19(23)26)12-10-17(25)22-14-7-5-6-13(20)18(14)21/h3-9H,2,10-12H2,1H3,(H,22,25). The molecule has 7 heteroatoms. The van der Waals surface area contributed by atoms with Crippen LogP contribution in [-0.2, 0) is 17.9 Å². The van der Waals surface area contributed by atoms with Crippen molar-refractivity contribution in [2.75, 3.05) is 5.32 Å². The molecular formula is C19H19Cl2N3O2. The van der Waals surface area contributed by atoms with Gasteiger partial charge < -0.3 is 5.32 Å². The summed E-state index contributed by atoms with van der Waals surface area (Å²) in [5, 5.41) is 3.43. The molecule has 0 radical (unpaired) electrons. The van der Waals surface area contributed by atoms with E-state index in [9.17, 15) is 9.59 Å². The van der Waals surface area contributed by atoms with Gasteiger partial charge in [-0.2, -0.15) is 0 Å². The Morgan fingerprint density at radius 3 is 2.31 bits per heavy atom. The van der Waals surface area contributed by atoms with Crippen LogP contribution in [0.15, 0.2) is 47.3 Å². The Labute approximate surface area is 161 Å². The van der Waals surface area contributed by atoms with Crippen molar-refractivity contribution in [3.63, 3.8) is 0 Å². The summed E-state index contributed by atoms with van der Waals surface area (Å²) in [4.78, 5) is 25.0. The third-order valence-electron chi connectivity index (χ3n) is 4.16. The molecule has 2 aromatic carbocycles. The van der Waals surface area contributed by atoms with E-state index in [0.717, 1.165) is 17.5 Å². The topological polar surface area (TPSA) is 56.0 Å². The van der Waals surface area contributed by atoms with Gasteiger partial charge >= 0.3 is 5.69 Å². The van der Waals surface area contributed by atoms with E-state index < -0.39 is 0 Å². The smallest absolute Gasteiger partial charge is 0.325 e. The summed E-state index contributed by atoms with van der Waals surface area (Å²) in [5.74, 6) is -0.228. The van der Waals surface area contributed by atoms with Crippen molar-refractivity contribution in [3.8, 4) is 0 Å². The first-order valence-electron chi connectivity index (χ1n) is 8.45. The normalized spacial score (nSPS) is 11.0. The summed E-state index contributed by atoms with van der Waals surface area (Å²) >= 11 is 12.0. The Bertz CT molecular complexity index is 1010. The van der Waals surface area contributed by atoms with Crippen LogP contribution in [-0.4, -0.2) is 15.0 Å². The molecule has 0 spiro atoms. The lowest BCUT2D eigenvalue weighted by Crippen LogP contribution is -2.26. The lowest BCUT2D eigenvalue weighted by Gasteiger charge is -2.08. The zero-order valence-electron chi connectivity index (χ0n) is 14.3. The number of carbonyl (C=O) groups is 1. The SMILES string of the molecule is CCCn1c(=O)n(CCC(=O)Nc2cccc(Cl)c2Cl)c2ccccc21. The largest absolute Gasteiger partial charge is 0.329 e. The molecule has 1 aromatic heterocycles. The monoisotopic (exact) mass is 391 g/mol. The maximum atomic E-state index is 12.7. The van der Waals surface area contributed by atoms with Gasteiger partial charge in [-0.25, -0.2) is 4.79 Å². The van der Waals surface area contributed by atoms with Crippen molar-refractivity contribution in [2.45, 2.75) is 32.9 Å². The number of benzene rings is 2. The molecular weight excluding hydrogens is 373 g/mol. The Hall–Kier alpha value is -2.24. The summed E-state index contributed by atoms with van der Waals surface area (Å²) in [6.07, 6.45) is 1.02. The van der Waals surface area contributed by atoms with Gasteiger partial charge in [-0.1, -0.05) is 48.3 Å². The van der Waals surface area contributed by atoms with Gasteiger partial charge in [-0.05, 0) is 30.7 Å². The summed E-state index contributed by atoms with van der Waals surface area (Å²) in [7, 11) is 0. The minimum Gasteiger partial charge on any atom is -0.325 e. The minimum absolute atomic E-state index is 0.0957. The van der Waals surface area contributed by atoms with Crippen LogP contribution < -0.4 is 11.0 Å². The molecule has 0 aliphatic heterocycles. The number of fused-ring (bicyclic) bond motifs is 1. The van der Waals surface area contributed by atoms with Crippen LogP contribution in [0.25, 0.3) is 11.0 Å². The second kappa shape index (κ2) is 7.98. The summed E-state index contributed by atoms with van der Waals surface area (Å²) in [5.41, 5.74) is 2.09. The Balaban J connectivity index is 1.79. The predicted octanol–water partition coefficient (Wildman–Crippen LogP) is 4.55. The average Bonchev–Trinajstić information content (AvgIpc) is 2.89. The number of nitrogens with zero attached hydrogens (tertiary/aromatic N) is 2. The number of hydrogen-bond donors (Lipinski definition) is 1. The van der Waals surface area contributed by atoms with Crippen molar-refractivity contribution in [2.24, 2.45) is 0 Å². The molecule has 0 fully saturated rings. The number of amides is 1. The third-order valence-corrected chi connectivity index (χ3v) is 4.98. The first-order chi connectivity index (χ1) is 12.5. The van der Waals surface area contributed by atoms with Gasteiger partial charge in [0, 0.05) is 19.5 Å². The molecule has 26 heavy (non-hydrogen) atoms. The number of anilines is 1. The zero-order chi connectivity index (χ0) is 18.7. The highest BCUT2D eigenvalue weighted by molar-refractivity contribution is 6.43. The van der Waals surface area contributed by atoms with Crippen LogP contribution >= 0.6 is 23.2 Å². The van der Waals surface area contributed by atoms with Crippen molar-refractivity contribution in [1.82, 2.24) is 9.13 Å². The van der Waals surface area contributed by atoms with Crippen LogP contribution in [0.5, 0.6) is 0 Å². The molecule has 3 aromatic rings. The fourth-order valence-electron chi connectivity index (χ4n) is 2.95. The fourth-order valence-corrected chi connectivity index (χ4v) is 3.30. The molecule has 1 amide bonds. The molecule has 3 rings (SSSR count). The first-order valence-corrected chi connectivity index (χ1v) is 9.20. The molecule has 0 unspecified atom stereocenters. The number of halogens is 2. The van der Waals surface area contributed by atoms with Crippen molar-refractivity contribution in [3.05, 3.63) is 63.0 Å². The number of hydrogen-bond acceptors (Lipinski definition) is 2. The second-order valence-corrected chi connectivity index (χ2v) is 6.76. The van der Waals surface area contributed by atoms with Gasteiger partial charge in [0.15, 0.2) is 0 Å². The fraction of sp³-hybridized carbons (Fsp3) is 0.263. The number of imidazole rings is 1. The van der Waals surface area contributed by atoms with Gasteiger partial charge in [0.1, 0.15) is 0 Å². The average molecular weight is 392 g/mol. The molecule has 0 aliphatic rings. The molecule has 0 bridgehead atoms. The number of aryl methyl sites for hydroxylation is 2. The van der Waals surface area contributed by atoms with Crippen LogP contribution in [0.2, 0.25) is 10.0 Å². The lowest BCUT2D eigenvalue weighted by molar-refractivity contribution is -0.116. The number of carbonyl (C=O) groups excluding carboxylic acids is 1. The Morgan fingerprint density at radius 1 is 1.00 bits per heavy atom. The number of aromatic nitrogens is 2. The van der Waals surface area contributed by atoms with E-state index in [4.69, 9.17) is 23.2 Å². The van der Waals surface area contributed by atoms with E-state index in [0.29, 0.717) is 28.8 Å². The summed E-state index contributed by atoms with van der Waals surface area (Å²) in [6.45, 7) is 2.97. The van der Waals surface area contributed by atoms with Crippen LogP contribution in [0.4, 0.5) is 5.69 Å². The Morgan fingerprint density at radius 2 is 1.65 bits per heavy atom. The summed E-state index contributed by atoms with van der Waals surface area (Å²) in [6, 6.07) is 12.7. The molecule has 136 valence electrons. The zero-order valence-corrected chi connectivity index (χ0v) is 15.8. The highest BCUT2D eigenvalue weighted by atomic mass is 35.5. The number of nitrogens with one attached hydrogen (secondary N) is 1. The van der Waals surface area contributed by atoms with Crippen LogP contribution in [0.1, 0.15) is 19.8 Å². The van der Waals surface area contributed by atoms with Gasteiger partial charge in [0.25, 0.3) is 0 Å². The van der Waals surface area contributed by atoms with E-state index in [1.54, 1.807) is 27.3 Å². The van der Waals surface area contributed by atoms with Gasteiger partial charge in [-0.3, -0.25) is 13.9 Å². The van der Waals surface area contributed by atoms with Gasteiger partial charge in [0.2, 0.25) is 5.91 Å². The van der Waals surface area contributed by atoms with E-state index in [-0.39, 0.29) is 18.0 Å². The maximum absolute atomic E-state index is 12.7. The van der Waals surface area contributed by atoms with Crippen LogP contribution in [0, 0.1) is 0 Å². The molecule has 5 nitrogen and oxygen atoms in total. The highest BCUT2D eigenvalue weighted by Gasteiger charge is 2.14. The quantitative estimate of drug-likeness (QED) is 0.669. The lowest BCUT2D eigenvalue weighted by atomic mass is 10.3.